The number of Topliss-reactive ketones (excluding diaryl/α,β-unsaturated/α-hetero) is 1. The van der Waals surface area contributed by atoms with Crippen molar-refractivity contribution in [2.75, 3.05) is 13.2 Å². The third-order valence-corrected chi connectivity index (χ3v) is 4.86. The molecule has 0 aliphatic carbocycles. The van der Waals surface area contributed by atoms with Gasteiger partial charge in [-0.25, -0.2) is 0 Å². The van der Waals surface area contributed by atoms with Crippen LogP contribution in [0.5, 0.6) is 17.2 Å². The first-order valence-corrected chi connectivity index (χ1v) is 12.5. The highest BCUT2D eigenvalue weighted by Gasteiger charge is 2.15. The second-order valence-electron chi connectivity index (χ2n) is 8.34. The Bertz CT molecular complexity index is 982. The average Bonchev–Trinajstić information content (AvgIpc) is 2.88. The summed E-state index contributed by atoms with van der Waals surface area (Å²) in [5.41, 5.74) is 1.48. The fraction of sp³-hybridized carbons (Fsp3) is 0.448. The molecule has 0 fully saturated rings. The second kappa shape index (κ2) is 19.5. The fourth-order valence-corrected chi connectivity index (χ4v) is 2.79. The van der Waals surface area contributed by atoms with Crippen molar-refractivity contribution in [3.05, 3.63) is 53.1 Å². The highest BCUT2D eigenvalue weighted by Crippen LogP contribution is 2.26. The Morgan fingerprint density at radius 3 is 2.14 bits per heavy atom. The van der Waals surface area contributed by atoms with E-state index < -0.39 is 5.97 Å². The molecule has 0 saturated carbocycles. The smallest absolute Gasteiger partial charge is 0.305 e. The maximum atomic E-state index is 12.0. The van der Waals surface area contributed by atoms with Gasteiger partial charge in [0.1, 0.15) is 12.0 Å². The number of aldehydes is 2. The van der Waals surface area contributed by atoms with E-state index in [4.69, 9.17) is 14.6 Å². The predicted molar refractivity (Wildman–Crippen MR) is 143 cm³/mol. The zero-order valence-electron chi connectivity index (χ0n) is 22.5. The van der Waals surface area contributed by atoms with Gasteiger partial charge in [0.05, 0.1) is 30.3 Å². The van der Waals surface area contributed by atoms with Crippen LogP contribution in [0.3, 0.4) is 0 Å². The van der Waals surface area contributed by atoms with Gasteiger partial charge >= 0.3 is 5.97 Å². The number of unbranched alkanes of at least 4 members (excludes halogenated alkanes) is 2. The molecule has 2 aromatic carbocycles. The molecule has 0 unspecified atom stereocenters. The first-order chi connectivity index (χ1) is 17.7. The number of phenols is 1. The average molecular weight is 517 g/mol. The number of ether oxygens (including phenoxy) is 2. The van der Waals surface area contributed by atoms with Gasteiger partial charge in [-0.05, 0) is 50.1 Å². The van der Waals surface area contributed by atoms with Crippen LogP contribution in [0.2, 0.25) is 0 Å². The summed E-state index contributed by atoms with van der Waals surface area (Å²) >= 11 is 0. The van der Waals surface area contributed by atoms with Crippen LogP contribution in [-0.2, 0) is 4.79 Å². The summed E-state index contributed by atoms with van der Waals surface area (Å²) in [5, 5.41) is 17.2. The zero-order valence-corrected chi connectivity index (χ0v) is 22.5. The molecule has 0 radical (unpaired) electrons. The van der Waals surface area contributed by atoms with Crippen LogP contribution in [0.15, 0.2) is 36.4 Å². The number of carboxylic acid groups (broad SMARTS) is 1. The van der Waals surface area contributed by atoms with Gasteiger partial charge in [-0.15, -0.1) is 0 Å². The van der Waals surface area contributed by atoms with Crippen LogP contribution in [0.4, 0.5) is 0 Å². The van der Waals surface area contributed by atoms with E-state index in [9.17, 15) is 24.3 Å². The molecular formula is C29H40O8. The van der Waals surface area contributed by atoms with Crippen LogP contribution in [-0.4, -0.2) is 47.8 Å². The lowest BCUT2D eigenvalue weighted by Gasteiger charge is -2.12. The summed E-state index contributed by atoms with van der Waals surface area (Å²) in [7, 11) is 0. The number of aliphatic carboxylic acids is 1. The van der Waals surface area contributed by atoms with Gasteiger partial charge in [0.25, 0.3) is 0 Å². The summed E-state index contributed by atoms with van der Waals surface area (Å²) in [6, 6.07) is 9.63. The third kappa shape index (κ3) is 13.3. The number of carbonyl (C=O) groups excluding carboxylic acids is 3. The minimum atomic E-state index is -0.741. The van der Waals surface area contributed by atoms with E-state index in [1.807, 2.05) is 13.8 Å². The molecular weight excluding hydrogens is 476 g/mol. The Balaban J connectivity index is 0.000000611. The Hall–Kier alpha value is -3.68. The summed E-state index contributed by atoms with van der Waals surface area (Å²) < 4.78 is 10.7. The molecule has 0 bridgehead atoms. The molecule has 8 heteroatoms. The first kappa shape index (κ1) is 33.3. The van der Waals surface area contributed by atoms with Crippen LogP contribution in [0.25, 0.3) is 0 Å². The lowest BCUT2D eigenvalue weighted by molar-refractivity contribution is -0.140. The van der Waals surface area contributed by atoms with Crippen molar-refractivity contribution in [3.63, 3.8) is 0 Å². The number of benzene rings is 2. The molecule has 8 nitrogen and oxygen atoms in total. The summed E-state index contributed by atoms with van der Waals surface area (Å²) in [4.78, 5) is 43.1. The maximum Gasteiger partial charge on any atom is 0.305 e. The summed E-state index contributed by atoms with van der Waals surface area (Å²) in [6.07, 6.45) is 5.86. The van der Waals surface area contributed by atoms with Gasteiger partial charge in [-0.1, -0.05) is 46.6 Å². The van der Waals surface area contributed by atoms with Gasteiger partial charge in [0, 0.05) is 12.0 Å². The first-order valence-electron chi connectivity index (χ1n) is 12.5. The van der Waals surface area contributed by atoms with Crippen molar-refractivity contribution >= 4 is 24.3 Å². The van der Waals surface area contributed by atoms with Crippen molar-refractivity contribution in [2.45, 2.75) is 66.7 Å². The number of para-hydroxylation sites is 1. The third-order valence-electron chi connectivity index (χ3n) is 4.86. The minimum Gasteiger partial charge on any atom is -0.504 e. The van der Waals surface area contributed by atoms with E-state index in [0.29, 0.717) is 54.1 Å². The van der Waals surface area contributed by atoms with Crippen molar-refractivity contribution < 1.29 is 38.9 Å². The quantitative estimate of drug-likeness (QED) is 0.178. The van der Waals surface area contributed by atoms with E-state index in [0.717, 1.165) is 32.0 Å². The van der Waals surface area contributed by atoms with E-state index in [-0.39, 0.29) is 17.5 Å². The molecule has 0 aromatic heterocycles. The van der Waals surface area contributed by atoms with E-state index in [1.165, 1.54) is 18.2 Å². The van der Waals surface area contributed by atoms with E-state index in [2.05, 4.69) is 6.92 Å². The standard InChI is InChI=1S/C16H22O3.C9H10O3.C4H8O2/c1-3-5-6-11-19-16-13(12-17)9-7-10-14(16)15(18)8-4-2;1-2-12-9-5-7(6-10)3-4-8(9)11;1-3(2)4(5)6/h7,9-10,12H,3-6,8,11H2,1-2H3;3-6,11H,2H2,1H3;3H,1-2H3,(H,5,6). The molecule has 0 aliphatic heterocycles. The zero-order chi connectivity index (χ0) is 28.2. The van der Waals surface area contributed by atoms with Gasteiger partial charge < -0.3 is 19.7 Å². The number of hydrogen-bond donors (Lipinski definition) is 2. The van der Waals surface area contributed by atoms with E-state index in [1.54, 1.807) is 32.0 Å². The highest BCUT2D eigenvalue weighted by molar-refractivity contribution is 6.01. The number of aromatic hydroxyl groups is 1. The summed E-state index contributed by atoms with van der Waals surface area (Å²) in [6.45, 7) is 10.2. The van der Waals surface area contributed by atoms with Crippen molar-refractivity contribution in [2.24, 2.45) is 5.92 Å². The molecule has 0 spiro atoms. The fourth-order valence-electron chi connectivity index (χ4n) is 2.79. The largest absolute Gasteiger partial charge is 0.504 e. The number of ketones is 1. The number of rotatable bonds is 13. The molecule has 0 saturated heterocycles. The van der Waals surface area contributed by atoms with Crippen LogP contribution < -0.4 is 9.47 Å². The Kier molecular flexibility index (Phi) is 17.6. The van der Waals surface area contributed by atoms with Crippen LogP contribution >= 0.6 is 0 Å². The Morgan fingerprint density at radius 2 is 1.62 bits per heavy atom. The lowest BCUT2D eigenvalue weighted by Crippen LogP contribution is -2.07. The Morgan fingerprint density at radius 1 is 0.946 bits per heavy atom. The van der Waals surface area contributed by atoms with Crippen molar-refractivity contribution in [3.8, 4) is 17.2 Å². The van der Waals surface area contributed by atoms with Crippen LogP contribution in [0, 0.1) is 5.92 Å². The van der Waals surface area contributed by atoms with Crippen LogP contribution in [0.1, 0.15) is 97.8 Å². The molecule has 2 N–H and O–H groups in total. The lowest BCUT2D eigenvalue weighted by atomic mass is 10.0. The van der Waals surface area contributed by atoms with Gasteiger partial charge in [0.2, 0.25) is 0 Å². The van der Waals surface area contributed by atoms with Gasteiger partial charge in [0.15, 0.2) is 23.6 Å². The molecule has 0 amide bonds. The van der Waals surface area contributed by atoms with Gasteiger partial charge in [-0.3, -0.25) is 19.2 Å². The molecule has 37 heavy (non-hydrogen) atoms. The SMILES string of the molecule is CC(C)C(=O)O.CCCCCOc1c(C=O)cccc1C(=O)CCC.CCOc1cc(C=O)ccc1O. The number of carboxylic acids is 1. The predicted octanol–water partition coefficient (Wildman–Crippen LogP) is 6.38. The Labute approximate surface area is 219 Å². The molecule has 204 valence electrons. The van der Waals surface area contributed by atoms with E-state index >= 15 is 0 Å². The number of carbonyl (C=O) groups is 4. The molecule has 0 heterocycles. The second-order valence-corrected chi connectivity index (χ2v) is 8.34. The molecule has 0 atom stereocenters. The summed E-state index contributed by atoms with van der Waals surface area (Å²) in [5.74, 6) is -0.0757. The maximum absolute atomic E-state index is 12.0. The van der Waals surface area contributed by atoms with Gasteiger partial charge in [-0.2, -0.15) is 0 Å². The number of phenolic OH excluding ortho intramolecular Hbond substituents is 1. The normalized spacial score (nSPS) is 9.78. The topological polar surface area (TPSA) is 127 Å². The molecule has 0 aliphatic rings. The monoisotopic (exact) mass is 516 g/mol. The molecule has 2 aromatic rings. The van der Waals surface area contributed by atoms with Crippen molar-refractivity contribution in [1.29, 1.82) is 0 Å². The highest BCUT2D eigenvalue weighted by atomic mass is 16.5. The molecule has 2 rings (SSSR count). The minimum absolute atomic E-state index is 0.0386. The number of hydrogen-bond acceptors (Lipinski definition) is 7. The van der Waals surface area contributed by atoms with Crippen molar-refractivity contribution in [1.82, 2.24) is 0 Å².